The summed E-state index contributed by atoms with van der Waals surface area (Å²) in [6.45, 7) is 9.86. The quantitative estimate of drug-likeness (QED) is 0.875. The van der Waals surface area contributed by atoms with Crippen molar-refractivity contribution in [2.45, 2.75) is 64.1 Å². The fourth-order valence-electron chi connectivity index (χ4n) is 2.92. The molecule has 0 aromatic heterocycles. The molecule has 0 saturated carbocycles. The SMILES string of the molecule is Cc1cc(C(C)(C)C)ccc1OCC(O)CC1(O)CCOCC1. The molecule has 23 heavy (non-hydrogen) atoms. The van der Waals surface area contributed by atoms with E-state index in [-0.39, 0.29) is 12.0 Å². The first-order valence-corrected chi connectivity index (χ1v) is 8.42. The highest BCUT2D eigenvalue weighted by molar-refractivity contribution is 5.38. The van der Waals surface area contributed by atoms with Gasteiger partial charge in [0.2, 0.25) is 0 Å². The Morgan fingerprint density at radius 3 is 2.48 bits per heavy atom. The standard InChI is InChI=1S/C19H30O4/c1-14-11-15(18(2,3)4)5-6-17(14)23-13-16(20)12-19(21)7-9-22-10-8-19/h5-6,11,16,20-21H,7-10,12-13H2,1-4H3. The second-order valence-corrected chi connectivity index (χ2v) is 7.74. The first-order valence-electron chi connectivity index (χ1n) is 8.42. The van der Waals surface area contributed by atoms with Gasteiger partial charge in [-0.3, -0.25) is 0 Å². The molecular formula is C19H30O4. The van der Waals surface area contributed by atoms with Gasteiger partial charge in [-0.05, 0) is 42.4 Å². The van der Waals surface area contributed by atoms with Crippen molar-refractivity contribution in [1.29, 1.82) is 0 Å². The molecule has 0 bridgehead atoms. The lowest BCUT2D eigenvalue weighted by atomic mass is 9.86. The van der Waals surface area contributed by atoms with Crippen LogP contribution in [0.1, 0.15) is 51.2 Å². The molecule has 2 rings (SSSR count). The van der Waals surface area contributed by atoms with E-state index in [1.165, 1.54) is 5.56 Å². The third-order valence-corrected chi connectivity index (χ3v) is 4.51. The maximum absolute atomic E-state index is 10.4. The van der Waals surface area contributed by atoms with Gasteiger partial charge >= 0.3 is 0 Å². The van der Waals surface area contributed by atoms with E-state index >= 15 is 0 Å². The molecule has 130 valence electrons. The maximum atomic E-state index is 10.4. The van der Waals surface area contributed by atoms with Crippen LogP contribution < -0.4 is 4.74 Å². The van der Waals surface area contributed by atoms with Crippen molar-refractivity contribution in [2.24, 2.45) is 0 Å². The number of aliphatic hydroxyl groups excluding tert-OH is 1. The second kappa shape index (κ2) is 7.20. The number of benzene rings is 1. The number of ether oxygens (including phenoxy) is 2. The summed E-state index contributed by atoms with van der Waals surface area (Å²) in [4.78, 5) is 0. The van der Waals surface area contributed by atoms with Crippen LogP contribution >= 0.6 is 0 Å². The average molecular weight is 322 g/mol. The Morgan fingerprint density at radius 2 is 1.91 bits per heavy atom. The van der Waals surface area contributed by atoms with Gasteiger partial charge in [0.15, 0.2) is 0 Å². The Morgan fingerprint density at radius 1 is 1.26 bits per heavy atom. The molecule has 4 nitrogen and oxygen atoms in total. The van der Waals surface area contributed by atoms with Crippen molar-refractivity contribution in [3.8, 4) is 5.75 Å². The van der Waals surface area contributed by atoms with Crippen molar-refractivity contribution in [2.75, 3.05) is 19.8 Å². The van der Waals surface area contributed by atoms with Crippen LogP contribution in [0.15, 0.2) is 18.2 Å². The first-order chi connectivity index (χ1) is 10.7. The lowest BCUT2D eigenvalue weighted by molar-refractivity contribution is -0.0906. The Labute approximate surface area is 139 Å². The van der Waals surface area contributed by atoms with Gasteiger partial charge < -0.3 is 19.7 Å². The van der Waals surface area contributed by atoms with E-state index in [1.54, 1.807) is 0 Å². The Balaban J connectivity index is 1.90. The van der Waals surface area contributed by atoms with Gasteiger partial charge in [-0.2, -0.15) is 0 Å². The summed E-state index contributed by atoms with van der Waals surface area (Å²) >= 11 is 0. The van der Waals surface area contributed by atoms with Crippen LogP contribution in [-0.2, 0) is 10.2 Å². The van der Waals surface area contributed by atoms with Gasteiger partial charge in [-0.25, -0.2) is 0 Å². The molecule has 1 aliphatic heterocycles. The zero-order chi connectivity index (χ0) is 17.1. The van der Waals surface area contributed by atoms with Gasteiger partial charge in [0, 0.05) is 19.6 Å². The predicted octanol–water partition coefficient (Wildman–Crippen LogP) is 2.96. The zero-order valence-electron chi connectivity index (χ0n) is 14.8. The highest BCUT2D eigenvalue weighted by Gasteiger charge is 2.32. The summed E-state index contributed by atoms with van der Waals surface area (Å²) in [5, 5.41) is 20.6. The molecule has 0 aliphatic carbocycles. The van der Waals surface area contributed by atoms with Crippen LogP contribution in [0.5, 0.6) is 5.75 Å². The van der Waals surface area contributed by atoms with Crippen LogP contribution in [-0.4, -0.2) is 41.7 Å². The number of aryl methyl sites for hydroxylation is 1. The maximum Gasteiger partial charge on any atom is 0.122 e. The predicted molar refractivity (Wildman–Crippen MR) is 91.0 cm³/mol. The van der Waals surface area contributed by atoms with E-state index in [1.807, 2.05) is 13.0 Å². The largest absolute Gasteiger partial charge is 0.491 e. The first kappa shape index (κ1) is 18.2. The molecule has 0 radical (unpaired) electrons. The summed E-state index contributed by atoms with van der Waals surface area (Å²) in [7, 11) is 0. The summed E-state index contributed by atoms with van der Waals surface area (Å²) in [6, 6.07) is 6.17. The van der Waals surface area contributed by atoms with Crippen LogP contribution in [0.2, 0.25) is 0 Å². The van der Waals surface area contributed by atoms with Crippen molar-refractivity contribution in [3.63, 3.8) is 0 Å². The van der Waals surface area contributed by atoms with E-state index in [0.29, 0.717) is 32.5 Å². The zero-order valence-corrected chi connectivity index (χ0v) is 14.8. The van der Waals surface area contributed by atoms with E-state index in [2.05, 4.69) is 32.9 Å². The second-order valence-electron chi connectivity index (χ2n) is 7.74. The monoisotopic (exact) mass is 322 g/mol. The Kier molecular flexibility index (Phi) is 5.71. The summed E-state index contributed by atoms with van der Waals surface area (Å²) in [5.41, 5.74) is 1.61. The van der Waals surface area contributed by atoms with E-state index in [0.717, 1.165) is 11.3 Å². The number of hydrogen-bond acceptors (Lipinski definition) is 4. The molecule has 1 fully saturated rings. The fourth-order valence-corrected chi connectivity index (χ4v) is 2.92. The van der Waals surface area contributed by atoms with Crippen molar-refractivity contribution >= 4 is 0 Å². The summed E-state index contributed by atoms with van der Waals surface area (Å²) in [6.07, 6.45) is 0.794. The third kappa shape index (κ3) is 5.20. The molecule has 1 atom stereocenters. The minimum absolute atomic E-state index is 0.106. The van der Waals surface area contributed by atoms with Gasteiger partial charge in [0.05, 0.1) is 11.7 Å². The van der Waals surface area contributed by atoms with Crippen molar-refractivity contribution < 1.29 is 19.7 Å². The lowest BCUT2D eigenvalue weighted by Crippen LogP contribution is -2.40. The Hall–Kier alpha value is -1.10. The highest BCUT2D eigenvalue weighted by atomic mass is 16.5. The molecule has 0 amide bonds. The van der Waals surface area contributed by atoms with Crippen LogP contribution in [0.3, 0.4) is 0 Å². The molecule has 1 heterocycles. The third-order valence-electron chi connectivity index (χ3n) is 4.51. The van der Waals surface area contributed by atoms with Gasteiger partial charge in [0.1, 0.15) is 12.4 Å². The molecule has 1 aliphatic rings. The number of aliphatic hydroxyl groups is 2. The minimum atomic E-state index is -0.827. The fraction of sp³-hybridized carbons (Fsp3) is 0.684. The summed E-state index contributed by atoms with van der Waals surface area (Å²) < 4.78 is 11.0. The normalized spacial score (nSPS) is 19.4. The molecule has 1 saturated heterocycles. The molecular weight excluding hydrogens is 292 g/mol. The molecule has 4 heteroatoms. The van der Waals surface area contributed by atoms with Crippen molar-refractivity contribution in [3.05, 3.63) is 29.3 Å². The smallest absolute Gasteiger partial charge is 0.122 e. The molecule has 1 unspecified atom stereocenters. The number of hydrogen-bond donors (Lipinski definition) is 2. The van der Waals surface area contributed by atoms with Crippen LogP contribution in [0.4, 0.5) is 0 Å². The minimum Gasteiger partial charge on any atom is -0.491 e. The summed E-state index contributed by atoms with van der Waals surface area (Å²) in [5.74, 6) is 0.788. The van der Waals surface area contributed by atoms with Crippen LogP contribution in [0, 0.1) is 6.92 Å². The van der Waals surface area contributed by atoms with Gasteiger partial charge in [0.25, 0.3) is 0 Å². The van der Waals surface area contributed by atoms with E-state index < -0.39 is 11.7 Å². The number of rotatable bonds is 5. The molecule has 0 spiro atoms. The topological polar surface area (TPSA) is 58.9 Å². The average Bonchev–Trinajstić information content (AvgIpc) is 2.45. The molecule has 1 aromatic rings. The highest BCUT2D eigenvalue weighted by Crippen LogP contribution is 2.29. The molecule has 2 N–H and O–H groups in total. The van der Waals surface area contributed by atoms with Gasteiger partial charge in [-0.1, -0.05) is 32.9 Å². The Bertz CT molecular complexity index is 513. The van der Waals surface area contributed by atoms with Gasteiger partial charge in [-0.15, -0.1) is 0 Å². The lowest BCUT2D eigenvalue weighted by Gasteiger charge is -2.33. The van der Waals surface area contributed by atoms with E-state index in [4.69, 9.17) is 9.47 Å². The van der Waals surface area contributed by atoms with Crippen molar-refractivity contribution in [1.82, 2.24) is 0 Å². The van der Waals surface area contributed by atoms with E-state index in [9.17, 15) is 10.2 Å². The molecule has 1 aromatic carbocycles. The van der Waals surface area contributed by atoms with Crippen LogP contribution in [0.25, 0.3) is 0 Å².